The molecule has 26 heavy (non-hydrogen) atoms. The minimum absolute atomic E-state index is 0.204. The van der Waals surface area contributed by atoms with Gasteiger partial charge in [-0.15, -0.1) is 0 Å². The van der Waals surface area contributed by atoms with E-state index in [9.17, 15) is 10.2 Å². The highest BCUT2D eigenvalue weighted by Gasteiger charge is 2.24. The van der Waals surface area contributed by atoms with Gasteiger partial charge in [0, 0.05) is 37.3 Å². The van der Waals surface area contributed by atoms with Crippen molar-refractivity contribution in [2.45, 2.75) is 25.4 Å². The number of nitrogens with one attached hydrogen (secondary N) is 1. The summed E-state index contributed by atoms with van der Waals surface area (Å²) in [7, 11) is 0. The molecule has 6 nitrogen and oxygen atoms in total. The van der Waals surface area contributed by atoms with Gasteiger partial charge in [0.1, 0.15) is 23.6 Å². The second kappa shape index (κ2) is 8.20. The Hall–Kier alpha value is -1.89. The second-order valence-electron chi connectivity index (χ2n) is 7.04. The van der Waals surface area contributed by atoms with Crippen LogP contribution in [0.5, 0.6) is 0 Å². The zero-order chi connectivity index (χ0) is 18.6. The fraction of sp³-hybridized carbons (Fsp3) is 0.474. The topological polar surface area (TPSA) is 81.5 Å². The molecule has 1 aliphatic heterocycles. The maximum Gasteiger partial charge on any atom is 0.134 e. The minimum atomic E-state index is -1.08. The number of hydrogen-bond donors (Lipinski definition) is 3. The van der Waals surface area contributed by atoms with Gasteiger partial charge in [-0.3, -0.25) is 0 Å². The molecule has 1 aromatic heterocycles. The van der Waals surface area contributed by atoms with Crippen LogP contribution < -0.4 is 10.2 Å². The van der Waals surface area contributed by atoms with Crippen molar-refractivity contribution in [3.8, 4) is 0 Å². The largest absolute Gasteiger partial charge is 0.396 e. The first-order valence-electron chi connectivity index (χ1n) is 8.88. The zero-order valence-electron chi connectivity index (χ0n) is 14.9. The van der Waals surface area contributed by atoms with Gasteiger partial charge in [0.25, 0.3) is 0 Å². The molecule has 0 spiro atoms. The SMILES string of the molecule is CC(O)(CNc1cc(N2CCCC(CO)C2)ncn1)c1cccc(Cl)c1. The molecule has 1 aliphatic rings. The molecule has 3 rings (SSSR count). The van der Waals surface area contributed by atoms with Gasteiger partial charge in [0.2, 0.25) is 0 Å². The summed E-state index contributed by atoms with van der Waals surface area (Å²) in [6.45, 7) is 3.96. The molecule has 7 heteroatoms. The number of aromatic nitrogens is 2. The van der Waals surface area contributed by atoms with Crippen molar-refractivity contribution >= 4 is 23.2 Å². The van der Waals surface area contributed by atoms with Gasteiger partial charge in [-0.2, -0.15) is 0 Å². The van der Waals surface area contributed by atoms with Crippen molar-refractivity contribution < 1.29 is 10.2 Å². The monoisotopic (exact) mass is 376 g/mol. The fourth-order valence-corrected chi connectivity index (χ4v) is 3.42. The number of halogens is 1. The summed E-state index contributed by atoms with van der Waals surface area (Å²) in [5.41, 5.74) is -0.336. The number of anilines is 2. The van der Waals surface area contributed by atoms with Crippen LogP contribution in [0.4, 0.5) is 11.6 Å². The van der Waals surface area contributed by atoms with E-state index in [1.807, 2.05) is 18.2 Å². The van der Waals surface area contributed by atoms with Crippen molar-refractivity contribution in [2.24, 2.45) is 5.92 Å². The van der Waals surface area contributed by atoms with Gasteiger partial charge in [-0.1, -0.05) is 23.7 Å². The normalized spacial score (nSPS) is 19.8. The molecule has 0 aliphatic carbocycles. The zero-order valence-corrected chi connectivity index (χ0v) is 15.7. The average molecular weight is 377 g/mol. The van der Waals surface area contributed by atoms with E-state index in [4.69, 9.17) is 11.6 Å². The summed E-state index contributed by atoms with van der Waals surface area (Å²) in [6, 6.07) is 9.10. The van der Waals surface area contributed by atoms with Crippen molar-refractivity contribution in [3.63, 3.8) is 0 Å². The Morgan fingerprint density at radius 3 is 2.96 bits per heavy atom. The average Bonchev–Trinajstić information content (AvgIpc) is 2.67. The number of aliphatic hydroxyl groups is 2. The number of nitrogens with zero attached hydrogens (tertiary/aromatic N) is 3. The predicted octanol–water partition coefficient (Wildman–Crippen LogP) is 2.66. The van der Waals surface area contributed by atoms with Gasteiger partial charge in [-0.25, -0.2) is 9.97 Å². The molecule has 1 aromatic carbocycles. The van der Waals surface area contributed by atoms with Crippen LogP contribution in [-0.4, -0.2) is 46.4 Å². The van der Waals surface area contributed by atoms with Crippen molar-refractivity contribution in [1.29, 1.82) is 0 Å². The lowest BCUT2D eigenvalue weighted by atomic mass is 9.96. The molecular formula is C19H25ClN4O2. The number of hydrogen-bond acceptors (Lipinski definition) is 6. The first-order chi connectivity index (χ1) is 12.5. The number of rotatable bonds is 6. The van der Waals surface area contributed by atoms with Gasteiger partial charge in [0.15, 0.2) is 0 Å². The van der Waals surface area contributed by atoms with Crippen LogP contribution >= 0.6 is 11.6 Å². The Bertz CT molecular complexity index is 741. The summed E-state index contributed by atoms with van der Waals surface area (Å²) in [4.78, 5) is 10.8. The van der Waals surface area contributed by atoms with E-state index >= 15 is 0 Å². The van der Waals surface area contributed by atoms with Gasteiger partial charge in [0.05, 0.1) is 0 Å². The maximum absolute atomic E-state index is 10.8. The summed E-state index contributed by atoms with van der Waals surface area (Å²) < 4.78 is 0. The highest BCUT2D eigenvalue weighted by Crippen LogP contribution is 2.25. The quantitative estimate of drug-likeness (QED) is 0.719. The van der Waals surface area contributed by atoms with E-state index in [1.165, 1.54) is 6.33 Å². The Morgan fingerprint density at radius 2 is 2.19 bits per heavy atom. The predicted molar refractivity (Wildman–Crippen MR) is 104 cm³/mol. The first-order valence-corrected chi connectivity index (χ1v) is 9.26. The van der Waals surface area contributed by atoms with E-state index in [-0.39, 0.29) is 6.61 Å². The summed E-state index contributed by atoms with van der Waals surface area (Å²) in [5, 5.41) is 23.9. The Labute approximate surface area is 158 Å². The molecule has 2 heterocycles. The number of benzene rings is 1. The van der Waals surface area contributed by atoms with E-state index in [0.29, 0.717) is 23.3 Å². The van der Waals surface area contributed by atoms with E-state index in [2.05, 4.69) is 20.2 Å². The van der Waals surface area contributed by atoms with Crippen molar-refractivity contribution in [2.75, 3.05) is 36.5 Å². The standard InChI is InChI=1S/C19H25ClN4O2/c1-19(26,15-5-2-6-16(20)8-15)12-21-17-9-18(23-13-22-17)24-7-3-4-14(10-24)11-25/h2,5-6,8-9,13-14,25-26H,3-4,7,10-12H2,1H3,(H,21,22,23). The molecular weight excluding hydrogens is 352 g/mol. The lowest BCUT2D eigenvalue weighted by Crippen LogP contribution is -2.37. The van der Waals surface area contributed by atoms with E-state index < -0.39 is 5.60 Å². The highest BCUT2D eigenvalue weighted by molar-refractivity contribution is 6.30. The van der Waals surface area contributed by atoms with Crippen LogP contribution in [0.1, 0.15) is 25.3 Å². The van der Waals surface area contributed by atoms with Crippen LogP contribution in [0.3, 0.4) is 0 Å². The molecule has 140 valence electrons. The van der Waals surface area contributed by atoms with Crippen LogP contribution in [0, 0.1) is 5.92 Å². The molecule has 3 N–H and O–H groups in total. The minimum Gasteiger partial charge on any atom is -0.396 e. The fourth-order valence-electron chi connectivity index (χ4n) is 3.23. The van der Waals surface area contributed by atoms with Crippen LogP contribution in [0.2, 0.25) is 5.02 Å². The highest BCUT2D eigenvalue weighted by atomic mass is 35.5. The molecule has 0 radical (unpaired) electrons. The molecule has 1 saturated heterocycles. The Balaban J connectivity index is 1.67. The third-order valence-corrected chi connectivity index (χ3v) is 5.05. The second-order valence-corrected chi connectivity index (χ2v) is 7.47. The Kier molecular flexibility index (Phi) is 5.96. The van der Waals surface area contributed by atoms with Crippen molar-refractivity contribution in [1.82, 2.24) is 9.97 Å². The molecule has 2 aromatic rings. The van der Waals surface area contributed by atoms with Gasteiger partial charge in [-0.05, 0) is 43.4 Å². The number of piperidine rings is 1. The van der Waals surface area contributed by atoms with Gasteiger partial charge < -0.3 is 20.4 Å². The smallest absolute Gasteiger partial charge is 0.134 e. The molecule has 0 bridgehead atoms. The molecule has 1 fully saturated rings. The molecule has 0 amide bonds. The third kappa shape index (κ3) is 4.63. The Morgan fingerprint density at radius 1 is 1.35 bits per heavy atom. The first kappa shape index (κ1) is 18.9. The summed E-state index contributed by atoms with van der Waals surface area (Å²) in [5.74, 6) is 1.78. The molecule has 2 atom stereocenters. The van der Waals surface area contributed by atoms with Crippen LogP contribution in [-0.2, 0) is 5.60 Å². The van der Waals surface area contributed by atoms with Crippen molar-refractivity contribution in [3.05, 3.63) is 47.2 Å². The van der Waals surface area contributed by atoms with E-state index in [1.54, 1.807) is 19.1 Å². The van der Waals surface area contributed by atoms with Gasteiger partial charge >= 0.3 is 0 Å². The number of aliphatic hydroxyl groups excluding tert-OH is 1. The molecule has 0 saturated carbocycles. The molecule has 2 unspecified atom stereocenters. The lowest BCUT2D eigenvalue weighted by Gasteiger charge is -2.32. The lowest BCUT2D eigenvalue weighted by molar-refractivity contribution is 0.0714. The third-order valence-electron chi connectivity index (χ3n) is 4.81. The van der Waals surface area contributed by atoms with Crippen LogP contribution in [0.15, 0.2) is 36.7 Å². The maximum atomic E-state index is 10.8. The summed E-state index contributed by atoms with van der Waals surface area (Å²) in [6.07, 6.45) is 3.61. The van der Waals surface area contributed by atoms with Crippen LogP contribution in [0.25, 0.3) is 0 Å². The van der Waals surface area contributed by atoms with E-state index in [0.717, 1.165) is 37.3 Å². The summed E-state index contributed by atoms with van der Waals surface area (Å²) >= 11 is 6.02.